The SMILES string of the molecule is NC(=O)c1ccc(Cl)nc1Nc1ccc(C(=O)N2CCOCC2)cc1. The molecule has 1 fully saturated rings. The molecule has 0 spiro atoms. The summed E-state index contributed by atoms with van der Waals surface area (Å²) in [7, 11) is 0. The van der Waals surface area contributed by atoms with Crippen LogP contribution in [0.2, 0.25) is 5.15 Å². The van der Waals surface area contributed by atoms with Crippen LogP contribution in [0.5, 0.6) is 0 Å². The number of aromatic nitrogens is 1. The molecule has 3 rings (SSSR count). The number of amides is 2. The van der Waals surface area contributed by atoms with Gasteiger partial charge in [0.25, 0.3) is 11.8 Å². The summed E-state index contributed by atoms with van der Waals surface area (Å²) >= 11 is 5.88. The Morgan fingerprint density at radius 3 is 2.44 bits per heavy atom. The number of benzene rings is 1. The minimum absolute atomic E-state index is 0.0337. The molecule has 0 radical (unpaired) electrons. The average molecular weight is 361 g/mol. The highest BCUT2D eigenvalue weighted by molar-refractivity contribution is 6.29. The van der Waals surface area contributed by atoms with Gasteiger partial charge in [0.2, 0.25) is 0 Å². The van der Waals surface area contributed by atoms with E-state index in [2.05, 4.69) is 10.3 Å². The molecule has 1 aliphatic heterocycles. The van der Waals surface area contributed by atoms with E-state index in [1.165, 1.54) is 12.1 Å². The number of rotatable bonds is 4. The Morgan fingerprint density at radius 2 is 1.80 bits per heavy atom. The van der Waals surface area contributed by atoms with E-state index in [1.54, 1.807) is 29.2 Å². The predicted molar refractivity (Wildman–Crippen MR) is 94.2 cm³/mol. The number of nitrogens with one attached hydrogen (secondary N) is 1. The van der Waals surface area contributed by atoms with Crippen molar-refractivity contribution in [1.29, 1.82) is 0 Å². The lowest BCUT2D eigenvalue weighted by atomic mass is 10.1. The third kappa shape index (κ3) is 4.07. The van der Waals surface area contributed by atoms with E-state index in [1.807, 2.05) is 0 Å². The maximum Gasteiger partial charge on any atom is 0.254 e. The highest BCUT2D eigenvalue weighted by Gasteiger charge is 2.18. The first kappa shape index (κ1) is 17.2. The molecule has 2 heterocycles. The van der Waals surface area contributed by atoms with Gasteiger partial charge in [-0.05, 0) is 36.4 Å². The van der Waals surface area contributed by atoms with Gasteiger partial charge in [-0.3, -0.25) is 9.59 Å². The van der Waals surface area contributed by atoms with Crippen molar-refractivity contribution in [2.24, 2.45) is 5.73 Å². The summed E-state index contributed by atoms with van der Waals surface area (Å²) in [4.78, 5) is 29.7. The number of carbonyl (C=O) groups is 2. The summed E-state index contributed by atoms with van der Waals surface area (Å²) in [6.07, 6.45) is 0. The fraction of sp³-hybridized carbons (Fsp3) is 0.235. The van der Waals surface area contributed by atoms with Crippen molar-refractivity contribution in [1.82, 2.24) is 9.88 Å². The molecule has 0 unspecified atom stereocenters. The van der Waals surface area contributed by atoms with Crippen LogP contribution < -0.4 is 11.1 Å². The van der Waals surface area contributed by atoms with Gasteiger partial charge in [-0.2, -0.15) is 0 Å². The first-order valence-corrected chi connectivity index (χ1v) is 8.13. The van der Waals surface area contributed by atoms with E-state index in [0.29, 0.717) is 37.6 Å². The Labute approximate surface area is 149 Å². The van der Waals surface area contributed by atoms with Crippen molar-refractivity contribution in [3.05, 3.63) is 52.7 Å². The van der Waals surface area contributed by atoms with Crippen molar-refractivity contribution in [3.8, 4) is 0 Å². The summed E-state index contributed by atoms with van der Waals surface area (Å²) in [5.41, 5.74) is 6.82. The van der Waals surface area contributed by atoms with E-state index in [9.17, 15) is 9.59 Å². The molecule has 130 valence electrons. The zero-order valence-corrected chi connectivity index (χ0v) is 14.1. The Morgan fingerprint density at radius 1 is 1.12 bits per heavy atom. The van der Waals surface area contributed by atoms with Crippen molar-refractivity contribution in [2.75, 3.05) is 31.6 Å². The number of nitrogens with two attached hydrogens (primary N) is 1. The lowest BCUT2D eigenvalue weighted by Gasteiger charge is -2.26. The number of pyridine rings is 1. The van der Waals surface area contributed by atoms with Gasteiger partial charge in [-0.1, -0.05) is 11.6 Å². The monoisotopic (exact) mass is 360 g/mol. The van der Waals surface area contributed by atoms with Gasteiger partial charge in [0.05, 0.1) is 18.8 Å². The first-order chi connectivity index (χ1) is 12.0. The topological polar surface area (TPSA) is 97.6 Å². The Hall–Kier alpha value is -2.64. The third-order valence-electron chi connectivity index (χ3n) is 3.82. The van der Waals surface area contributed by atoms with Crippen LogP contribution in [0.1, 0.15) is 20.7 Å². The van der Waals surface area contributed by atoms with E-state index in [-0.39, 0.29) is 22.4 Å². The Kier molecular flexibility index (Phi) is 5.16. The normalized spacial score (nSPS) is 14.2. The van der Waals surface area contributed by atoms with Crippen molar-refractivity contribution >= 4 is 34.9 Å². The van der Waals surface area contributed by atoms with Gasteiger partial charge in [-0.25, -0.2) is 4.98 Å². The van der Waals surface area contributed by atoms with E-state index >= 15 is 0 Å². The molecule has 3 N–H and O–H groups in total. The number of anilines is 2. The molecule has 7 nitrogen and oxygen atoms in total. The number of halogens is 1. The Balaban J connectivity index is 1.76. The number of hydrogen-bond donors (Lipinski definition) is 2. The van der Waals surface area contributed by atoms with Crippen molar-refractivity contribution in [2.45, 2.75) is 0 Å². The van der Waals surface area contributed by atoms with Gasteiger partial charge < -0.3 is 20.7 Å². The summed E-state index contributed by atoms with van der Waals surface area (Å²) in [6.45, 7) is 2.30. The van der Waals surface area contributed by atoms with Crippen molar-refractivity contribution < 1.29 is 14.3 Å². The average Bonchev–Trinajstić information content (AvgIpc) is 2.62. The molecule has 0 saturated carbocycles. The quantitative estimate of drug-likeness (QED) is 0.813. The van der Waals surface area contributed by atoms with Crippen LogP contribution in [0, 0.1) is 0 Å². The number of hydrogen-bond acceptors (Lipinski definition) is 5. The molecule has 1 aromatic carbocycles. The smallest absolute Gasteiger partial charge is 0.254 e. The lowest BCUT2D eigenvalue weighted by molar-refractivity contribution is 0.0303. The zero-order chi connectivity index (χ0) is 17.8. The van der Waals surface area contributed by atoms with Crippen molar-refractivity contribution in [3.63, 3.8) is 0 Å². The molecule has 0 atom stereocenters. The van der Waals surface area contributed by atoms with Crippen LogP contribution >= 0.6 is 11.6 Å². The molecular formula is C17H17ClN4O3. The number of carbonyl (C=O) groups excluding carboxylic acids is 2. The molecule has 2 aromatic rings. The highest BCUT2D eigenvalue weighted by Crippen LogP contribution is 2.22. The van der Waals surface area contributed by atoms with Gasteiger partial charge >= 0.3 is 0 Å². The molecular weight excluding hydrogens is 344 g/mol. The van der Waals surface area contributed by atoms with E-state index < -0.39 is 5.91 Å². The van der Waals surface area contributed by atoms with E-state index in [4.69, 9.17) is 22.1 Å². The fourth-order valence-corrected chi connectivity index (χ4v) is 2.66. The summed E-state index contributed by atoms with van der Waals surface area (Å²) in [6, 6.07) is 9.92. The molecule has 1 saturated heterocycles. The maximum absolute atomic E-state index is 12.4. The predicted octanol–water partition coefficient (Wildman–Crippen LogP) is 2.05. The van der Waals surface area contributed by atoms with E-state index in [0.717, 1.165) is 0 Å². The number of nitrogens with zero attached hydrogens (tertiary/aromatic N) is 2. The van der Waals surface area contributed by atoms with Gasteiger partial charge in [-0.15, -0.1) is 0 Å². The highest BCUT2D eigenvalue weighted by atomic mass is 35.5. The lowest BCUT2D eigenvalue weighted by Crippen LogP contribution is -2.40. The molecule has 1 aliphatic rings. The second kappa shape index (κ2) is 7.50. The molecule has 1 aromatic heterocycles. The number of ether oxygens (including phenoxy) is 1. The van der Waals surface area contributed by atoms with Gasteiger partial charge in [0.1, 0.15) is 11.0 Å². The zero-order valence-electron chi connectivity index (χ0n) is 13.4. The van der Waals surface area contributed by atoms with Crippen LogP contribution in [0.25, 0.3) is 0 Å². The van der Waals surface area contributed by atoms with Crippen LogP contribution in [0.3, 0.4) is 0 Å². The maximum atomic E-state index is 12.4. The summed E-state index contributed by atoms with van der Waals surface area (Å²) in [5, 5.41) is 3.24. The Bertz CT molecular complexity index is 789. The molecule has 0 aliphatic carbocycles. The van der Waals surface area contributed by atoms with Crippen LogP contribution in [-0.2, 0) is 4.74 Å². The molecule has 0 bridgehead atoms. The molecule has 2 amide bonds. The van der Waals surface area contributed by atoms with Gasteiger partial charge in [0, 0.05) is 24.3 Å². The minimum Gasteiger partial charge on any atom is -0.378 e. The summed E-state index contributed by atoms with van der Waals surface area (Å²) < 4.78 is 5.25. The second-order valence-electron chi connectivity index (χ2n) is 5.50. The fourth-order valence-electron chi connectivity index (χ4n) is 2.51. The minimum atomic E-state index is -0.606. The molecule has 25 heavy (non-hydrogen) atoms. The standard InChI is InChI=1S/C17H17ClN4O3/c18-14-6-5-13(15(19)23)16(21-14)20-12-3-1-11(2-4-12)17(24)22-7-9-25-10-8-22/h1-6H,7-10H2,(H2,19,23)(H,20,21). The number of primary amides is 1. The van der Waals surface area contributed by atoms with Crippen LogP contribution in [-0.4, -0.2) is 48.0 Å². The van der Waals surface area contributed by atoms with Crippen LogP contribution in [0.4, 0.5) is 11.5 Å². The first-order valence-electron chi connectivity index (χ1n) is 7.75. The van der Waals surface area contributed by atoms with Gasteiger partial charge in [0.15, 0.2) is 0 Å². The summed E-state index contributed by atoms with van der Waals surface area (Å²) in [5.74, 6) is -0.369. The largest absolute Gasteiger partial charge is 0.378 e. The second-order valence-corrected chi connectivity index (χ2v) is 5.89. The molecule has 8 heteroatoms. The third-order valence-corrected chi connectivity index (χ3v) is 4.03. The van der Waals surface area contributed by atoms with Crippen LogP contribution in [0.15, 0.2) is 36.4 Å². The number of morpholine rings is 1.